The first-order valence-corrected chi connectivity index (χ1v) is 8.20. The van der Waals surface area contributed by atoms with Crippen LogP contribution in [0.5, 0.6) is 5.75 Å². The highest BCUT2D eigenvalue weighted by atomic mass is 16.5. The Bertz CT molecular complexity index is 378. The highest BCUT2D eigenvalue weighted by Gasteiger charge is 2.08. The molecule has 0 aromatic heterocycles. The lowest BCUT2D eigenvalue weighted by Gasteiger charge is -2.15. The quantitative estimate of drug-likeness (QED) is 0.621. The fourth-order valence-corrected chi connectivity index (χ4v) is 2.23. The van der Waals surface area contributed by atoms with Crippen LogP contribution in [-0.2, 0) is 4.79 Å². The first-order chi connectivity index (χ1) is 10.3. The SMILES string of the molecule is CCCC[C@@H](CC)CNC(=O)CCCOc1ccccc1. The summed E-state index contributed by atoms with van der Waals surface area (Å²) in [5.74, 6) is 1.62. The normalized spacial score (nSPS) is 11.9. The number of unbranched alkanes of at least 4 members (excludes halogenated alkanes) is 1. The number of carbonyl (C=O) groups is 1. The first-order valence-electron chi connectivity index (χ1n) is 8.20. The number of hydrogen-bond donors (Lipinski definition) is 1. The average Bonchev–Trinajstić information content (AvgIpc) is 2.53. The van der Waals surface area contributed by atoms with Crippen LogP contribution in [0.1, 0.15) is 52.4 Å². The van der Waals surface area contributed by atoms with E-state index in [4.69, 9.17) is 4.74 Å². The van der Waals surface area contributed by atoms with Crippen LogP contribution in [0.15, 0.2) is 30.3 Å². The van der Waals surface area contributed by atoms with E-state index in [1.807, 2.05) is 30.3 Å². The summed E-state index contributed by atoms with van der Waals surface area (Å²) in [5.41, 5.74) is 0. The van der Waals surface area contributed by atoms with Crippen molar-refractivity contribution < 1.29 is 9.53 Å². The van der Waals surface area contributed by atoms with Crippen LogP contribution in [0.3, 0.4) is 0 Å². The highest BCUT2D eigenvalue weighted by Crippen LogP contribution is 2.11. The van der Waals surface area contributed by atoms with Crippen LogP contribution in [0.4, 0.5) is 0 Å². The third-order valence-corrected chi connectivity index (χ3v) is 3.69. The lowest BCUT2D eigenvalue weighted by molar-refractivity contribution is -0.121. The van der Waals surface area contributed by atoms with Crippen molar-refractivity contribution in [1.82, 2.24) is 5.32 Å². The van der Waals surface area contributed by atoms with E-state index in [1.165, 1.54) is 19.3 Å². The van der Waals surface area contributed by atoms with Gasteiger partial charge in [0.05, 0.1) is 6.61 Å². The summed E-state index contributed by atoms with van der Waals surface area (Å²) in [5, 5.41) is 3.05. The molecule has 0 spiro atoms. The Labute approximate surface area is 129 Å². The second-order valence-electron chi connectivity index (χ2n) is 5.49. The molecule has 1 atom stereocenters. The summed E-state index contributed by atoms with van der Waals surface area (Å²) in [6.07, 6.45) is 6.12. The van der Waals surface area contributed by atoms with Crippen molar-refractivity contribution in [3.63, 3.8) is 0 Å². The molecule has 0 aliphatic carbocycles. The van der Waals surface area contributed by atoms with Gasteiger partial charge in [-0.05, 0) is 30.9 Å². The molecule has 1 N–H and O–H groups in total. The Kier molecular flexibility index (Phi) is 9.34. The predicted octanol–water partition coefficient (Wildman–Crippen LogP) is 4.18. The molecule has 0 unspecified atom stereocenters. The van der Waals surface area contributed by atoms with Crippen LogP contribution in [0.25, 0.3) is 0 Å². The Morgan fingerprint density at radius 2 is 1.95 bits per heavy atom. The fourth-order valence-electron chi connectivity index (χ4n) is 2.23. The highest BCUT2D eigenvalue weighted by molar-refractivity contribution is 5.75. The van der Waals surface area contributed by atoms with Gasteiger partial charge in [-0.2, -0.15) is 0 Å². The van der Waals surface area contributed by atoms with Gasteiger partial charge in [0.25, 0.3) is 0 Å². The maximum Gasteiger partial charge on any atom is 0.220 e. The van der Waals surface area contributed by atoms with Crippen molar-refractivity contribution in [3.05, 3.63) is 30.3 Å². The molecule has 1 rings (SSSR count). The lowest BCUT2D eigenvalue weighted by atomic mass is 9.99. The van der Waals surface area contributed by atoms with Gasteiger partial charge in [-0.1, -0.05) is 51.3 Å². The molecule has 1 amide bonds. The van der Waals surface area contributed by atoms with Gasteiger partial charge in [0, 0.05) is 13.0 Å². The first kappa shape index (κ1) is 17.5. The van der Waals surface area contributed by atoms with Crippen molar-refractivity contribution in [1.29, 1.82) is 0 Å². The van der Waals surface area contributed by atoms with Crippen LogP contribution in [0.2, 0.25) is 0 Å². The van der Waals surface area contributed by atoms with Crippen LogP contribution in [0, 0.1) is 5.92 Å². The lowest BCUT2D eigenvalue weighted by Crippen LogP contribution is -2.29. The van der Waals surface area contributed by atoms with Crippen LogP contribution in [-0.4, -0.2) is 19.1 Å². The molecule has 0 aliphatic heterocycles. The number of benzene rings is 1. The molecule has 118 valence electrons. The van der Waals surface area contributed by atoms with Gasteiger partial charge in [-0.3, -0.25) is 4.79 Å². The van der Waals surface area contributed by atoms with Crippen LogP contribution < -0.4 is 10.1 Å². The molecule has 3 heteroatoms. The van der Waals surface area contributed by atoms with E-state index in [0.29, 0.717) is 18.9 Å². The molecule has 3 nitrogen and oxygen atoms in total. The molecule has 0 aliphatic rings. The summed E-state index contributed by atoms with van der Waals surface area (Å²) in [6.45, 7) is 5.80. The summed E-state index contributed by atoms with van der Waals surface area (Å²) in [7, 11) is 0. The van der Waals surface area contributed by atoms with Crippen molar-refractivity contribution >= 4 is 5.91 Å². The zero-order chi connectivity index (χ0) is 15.3. The zero-order valence-corrected chi connectivity index (χ0v) is 13.4. The van der Waals surface area contributed by atoms with Crippen molar-refractivity contribution in [2.24, 2.45) is 5.92 Å². The maximum absolute atomic E-state index is 11.8. The molecule has 0 heterocycles. The van der Waals surface area contributed by atoms with Crippen molar-refractivity contribution in [3.8, 4) is 5.75 Å². The topological polar surface area (TPSA) is 38.3 Å². The summed E-state index contributed by atoms with van der Waals surface area (Å²) in [6, 6.07) is 9.72. The Morgan fingerprint density at radius 3 is 2.62 bits per heavy atom. The van der Waals surface area contributed by atoms with Gasteiger partial charge in [0.1, 0.15) is 5.75 Å². The van der Waals surface area contributed by atoms with E-state index in [9.17, 15) is 4.79 Å². The third-order valence-electron chi connectivity index (χ3n) is 3.69. The fraction of sp³-hybridized carbons (Fsp3) is 0.611. The van der Waals surface area contributed by atoms with Gasteiger partial charge in [0.15, 0.2) is 0 Å². The number of carbonyl (C=O) groups excluding carboxylic acids is 1. The minimum Gasteiger partial charge on any atom is -0.494 e. The third kappa shape index (κ3) is 8.38. The largest absolute Gasteiger partial charge is 0.494 e. The van der Waals surface area contributed by atoms with E-state index in [0.717, 1.165) is 25.1 Å². The number of rotatable bonds is 11. The van der Waals surface area contributed by atoms with Crippen LogP contribution >= 0.6 is 0 Å². The van der Waals surface area contributed by atoms with E-state index < -0.39 is 0 Å². The van der Waals surface area contributed by atoms with E-state index >= 15 is 0 Å². The Morgan fingerprint density at radius 1 is 1.19 bits per heavy atom. The smallest absolute Gasteiger partial charge is 0.220 e. The van der Waals surface area contributed by atoms with Gasteiger partial charge in [0.2, 0.25) is 5.91 Å². The van der Waals surface area contributed by atoms with E-state index in [1.54, 1.807) is 0 Å². The number of ether oxygens (including phenoxy) is 1. The van der Waals surface area contributed by atoms with Gasteiger partial charge < -0.3 is 10.1 Å². The second kappa shape index (κ2) is 11.2. The number of nitrogens with one attached hydrogen (secondary N) is 1. The Balaban J connectivity index is 2.08. The minimum absolute atomic E-state index is 0.140. The van der Waals surface area contributed by atoms with Crippen molar-refractivity contribution in [2.45, 2.75) is 52.4 Å². The molecule has 1 aromatic rings. The monoisotopic (exact) mass is 291 g/mol. The van der Waals surface area contributed by atoms with Crippen molar-refractivity contribution in [2.75, 3.05) is 13.2 Å². The number of para-hydroxylation sites is 1. The van der Waals surface area contributed by atoms with Gasteiger partial charge >= 0.3 is 0 Å². The summed E-state index contributed by atoms with van der Waals surface area (Å²) < 4.78 is 5.58. The molecule has 1 aromatic carbocycles. The molecule has 0 radical (unpaired) electrons. The summed E-state index contributed by atoms with van der Waals surface area (Å²) >= 11 is 0. The second-order valence-corrected chi connectivity index (χ2v) is 5.49. The van der Waals surface area contributed by atoms with Gasteiger partial charge in [-0.25, -0.2) is 0 Å². The molecule has 0 fully saturated rings. The molecule has 21 heavy (non-hydrogen) atoms. The maximum atomic E-state index is 11.8. The number of hydrogen-bond acceptors (Lipinski definition) is 2. The van der Waals surface area contributed by atoms with Gasteiger partial charge in [-0.15, -0.1) is 0 Å². The standard InChI is InChI=1S/C18H29NO2/c1-3-5-10-16(4-2)15-19-18(20)13-9-14-21-17-11-7-6-8-12-17/h6-8,11-12,16H,3-5,9-10,13-15H2,1-2H3,(H,19,20)/t16-/m1/s1. The summed E-state index contributed by atoms with van der Waals surface area (Å²) in [4.78, 5) is 11.8. The number of amides is 1. The van der Waals surface area contributed by atoms with E-state index in [2.05, 4.69) is 19.2 Å². The molecular formula is C18H29NO2. The minimum atomic E-state index is 0.140. The molecule has 0 bridgehead atoms. The molecule has 0 saturated carbocycles. The predicted molar refractivity (Wildman–Crippen MR) is 87.5 cm³/mol. The molecular weight excluding hydrogens is 262 g/mol. The van der Waals surface area contributed by atoms with E-state index in [-0.39, 0.29) is 5.91 Å². The zero-order valence-electron chi connectivity index (χ0n) is 13.4. The molecule has 0 saturated heterocycles. The average molecular weight is 291 g/mol. The Hall–Kier alpha value is -1.51.